The van der Waals surface area contributed by atoms with Crippen LogP contribution in [0, 0.1) is 17.8 Å². The Morgan fingerprint density at radius 1 is 1.36 bits per heavy atom. The number of thioether (sulfide) groups is 1. The largest absolute Gasteiger partial charge is 0.381 e. The highest BCUT2D eigenvalue weighted by Gasteiger charge is 2.53. The van der Waals surface area contributed by atoms with Gasteiger partial charge in [-0.1, -0.05) is 6.92 Å². The number of amides is 1. The van der Waals surface area contributed by atoms with Gasteiger partial charge < -0.3 is 14.4 Å². The van der Waals surface area contributed by atoms with Crippen LogP contribution < -0.4 is 0 Å². The highest BCUT2D eigenvalue weighted by atomic mass is 32.2. The molecule has 0 radical (unpaired) electrons. The van der Waals surface area contributed by atoms with Crippen LogP contribution in [0.4, 0.5) is 0 Å². The summed E-state index contributed by atoms with van der Waals surface area (Å²) in [7, 11) is 0. The zero-order valence-corrected chi connectivity index (χ0v) is 14.3. The van der Waals surface area contributed by atoms with Crippen molar-refractivity contribution in [3.8, 4) is 0 Å². The molecule has 0 aromatic carbocycles. The van der Waals surface area contributed by atoms with Gasteiger partial charge in [-0.15, -0.1) is 11.8 Å². The second-order valence-electron chi connectivity index (χ2n) is 7.72. The number of rotatable bonds is 4. The van der Waals surface area contributed by atoms with Crippen LogP contribution in [0.5, 0.6) is 0 Å². The molecule has 3 heterocycles. The van der Waals surface area contributed by atoms with Gasteiger partial charge in [-0.3, -0.25) is 4.79 Å². The van der Waals surface area contributed by atoms with E-state index in [4.69, 9.17) is 9.47 Å². The van der Waals surface area contributed by atoms with Crippen molar-refractivity contribution in [1.29, 1.82) is 0 Å². The SMILES string of the molecule is C[C@@H]1C[C@@H]1C(=O)N1CC2(C[C@@H](OCC3CCOCC3)CS2)C1. The fourth-order valence-corrected chi connectivity index (χ4v) is 5.57. The molecule has 4 fully saturated rings. The first-order chi connectivity index (χ1) is 10.7. The van der Waals surface area contributed by atoms with Crippen molar-refractivity contribution in [2.24, 2.45) is 17.8 Å². The molecule has 4 aliphatic rings. The number of carbonyl (C=O) groups is 1. The Kier molecular flexibility index (Phi) is 4.16. The molecule has 124 valence electrons. The first-order valence-corrected chi connectivity index (χ1v) is 9.76. The number of hydrogen-bond donors (Lipinski definition) is 0. The zero-order valence-electron chi connectivity index (χ0n) is 13.5. The van der Waals surface area contributed by atoms with Gasteiger partial charge in [-0.25, -0.2) is 0 Å². The van der Waals surface area contributed by atoms with Gasteiger partial charge in [0.25, 0.3) is 0 Å². The molecule has 0 bridgehead atoms. The zero-order chi connectivity index (χ0) is 15.2. The van der Waals surface area contributed by atoms with Crippen molar-refractivity contribution >= 4 is 17.7 Å². The van der Waals surface area contributed by atoms with E-state index in [1.165, 1.54) is 0 Å². The van der Waals surface area contributed by atoms with E-state index < -0.39 is 0 Å². The quantitative estimate of drug-likeness (QED) is 0.794. The molecule has 3 aliphatic heterocycles. The summed E-state index contributed by atoms with van der Waals surface area (Å²) in [4.78, 5) is 14.3. The minimum atomic E-state index is 0.314. The number of carbonyl (C=O) groups excluding carboxylic acids is 1. The average Bonchev–Trinajstić information content (AvgIpc) is 3.08. The summed E-state index contributed by atoms with van der Waals surface area (Å²) in [6.45, 7) is 6.78. The predicted octanol–water partition coefficient (Wildman–Crippen LogP) is 2.17. The molecule has 0 aromatic heterocycles. The molecule has 4 rings (SSSR count). The molecule has 1 aliphatic carbocycles. The van der Waals surface area contributed by atoms with E-state index in [2.05, 4.69) is 11.8 Å². The van der Waals surface area contributed by atoms with Crippen LogP contribution in [-0.2, 0) is 14.3 Å². The van der Waals surface area contributed by atoms with Crippen LogP contribution in [0.3, 0.4) is 0 Å². The summed E-state index contributed by atoms with van der Waals surface area (Å²) in [5, 5.41) is 0. The number of ether oxygens (including phenoxy) is 2. The van der Waals surface area contributed by atoms with Crippen LogP contribution in [0.1, 0.15) is 32.6 Å². The number of hydrogen-bond acceptors (Lipinski definition) is 4. The molecule has 5 heteroatoms. The molecule has 0 unspecified atom stereocenters. The van der Waals surface area contributed by atoms with Crippen molar-refractivity contribution in [3.05, 3.63) is 0 Å². The molecule has 3 saturated heterocycles. The van der Waals surface area contributed by atoms with Gasteiger partial charge in [-0.2, -0.15) is 0 Å². The molecule has 22 heavy (non-hydrogen) atoms. The molecule has 1 amide bonds. The van der Waals surface area contributed by atoms with Crippen molar-refractivity contribution in [1.82, 2.24) is 4.90 Å². The molecule has 1 saturated carbocycles. The third-order valence-corrected chi connectivity index (χ3v) is 7.36. The van der Waals surface area contributed by atoms with Crippen LogP contribution in [-0.4, -0.2) is 60.3 Å². The maximum absolute atomic E-state index is 12.2. The summed E-state index contributed by atoms with van der Waals surface area (Å²) < 4.78 is 11.9. The molecule has 0 aromatic rings. The van der Waals surface area contributed by atoms with Gasteiger partial charge in [0, 0.05) is 44.6 Å². The van der Waals surface area contributed by atoms with E-state index in [9.17, 15) is 4.79 Å². The molecule has 4 nitrogen and oxygen atoms in total. The average molecular weight is 325 g/mol. The van der Waals surface area contributed by atoms with Crippen molar-refractivity contribution in [2.45, 2.75) is 43.5 Å². The second-order valence-corrected chi connectivity index (χ2v) is 9.21. The van der Waals surface area contributed by atoms with Crippen molar-refractivity contribution in [3.63, 3.8) is 0 Å². The molecule has 0 N–H and O–H groups in total. The van der Waals surface area contributed by atoms with Gasteiger partial charge in [-0.05, 0) is 37.5 Å². The van der Waals surface area contributed by atoms with E-state index in [1.807, 2.05) is 11.8 Å². The standard InChI is InChI=1S/C17H27NO3S/c1-12-6-15(12)16(19)18-10-17(11-18)7-14(9-22-17)21-8-13-2-4-20-5-3-13/h12-15H,2-11H2,1H3/t12-,14-,15+/m1/s1. The summed E-state index contributed by atoms with van der Waals surface area (Å²) in [5.74, 6) is 3.15. The molecule has 1 spiro atoms. The Morgan fingerprint density at radius 3 is 2.77 bits per heavy atom. The third kappa shape index (κ3) is 3.04. The third-order valence-electron chi connectivity index (χ3n) is 5.78. The van der Waals surface area contributed by atoms with Crippen LogP contribution >= 0.6 is 11.8 Å². The summed E-state index contributed by atoms with van der Waals surface area (Å²) >= 11 is 2.04. The molecule has 3 atom stereocenters. The fraction of sp³-hybridized carbons (Fsp3) is 0.941. The second kappa shape index (κ2) is 5.99. The number of likely N-dealkylation sites (tertiary alicyclic amines) is 1. The van der Waals surface area contributed by atoms with E-state index >= 15 is 0 Å². The summed E-state index contributed by atoms with van der Waals surface area (Å²) in [6.07, 6.45) is 4.92. The van der Waals surface area contributed by atoms with Gasteiger partial charge in [0.15, 0.2) is 0 Å². The lowest BCUT2D eigenvalue weighted by Crippen LogP contribution is -2.61. The first-order valence-electron chi connectivity index (χ1n) is 8.77. The fourth-order valence-electron chi connectivity index (χ4n) is 4.02. The topological polar surface area (TPSA) is 38.8 Å². The predicted molar refractivity (Wildman–Crippen MR) is 86.9 cm³/mol. The lowest BCUT2D eigenvalue weighted by atomic mass is 9.92. The van der Waals surface area contributed by atoms with Gasteiger partial charge >= 0.3 is 0 Å². The van der Waals surface area contributed by atoms with E-state index in [0.29, 0.717) is 34.5 Å². The van der Waals surface area contributed by atoms with Gasteiger partial charge in [0.2, 0.25) is 5.91 Å². The van der Waals surface area contributed by atoms with E-state index in [-0.39, 0.29) is 0 Å². The Balaban J connectivity index is 1.19. The van der Waals surface area contributed by atoms with E-state index in [0.717, 1.165) is 64.3 Å². The van der Waals surface area contributed by atoms with Gasteiger partial charge in [0.1, 0.15) is 0 Å². The van der Waals surface area contributed by atoms with Crippen LogP contribution in [0.25, 0.3) is 0 Å². The van der Waals surface area contributed by atoms with Crippen molar-refractivity contribution < 1.29 is 14.3 Å². The summed E-state index contributed by atoms with van der Waals surface area (Å²) in [6, 6.07) is 0. The monoisotopic (exact) mass is 325 g/mol. The smallest absolute Gasteiger partial charge is 0.226 e. The Morgan fingerprint density at radius 2 is 2.09 bits per heavy atom. The first kappa shape index (κ1) is 15.3. The molecular formula is C17H27NO3S. The Bertz CT molecular complexity index is 432. The maximum atomic E-state index is 12.2. The lowest BCUT2D eigenvalue weighted by molar-refractivity contribution is -0.138. The van der Waals surface area contributed by atoms with Gasteiger partial charge in [0.05, 0.1) is 10.9 Å². The Labute approximate surface area is 137 Å². The highest BCUT2D eigenvalue weighted by Crippen LogP contribution is 2.48. The minimum absolute atomic E-state index is 0.314. The maximum Gasteiger partial charge on any atom is 0.226 e. The summed E-state index contributed by atoms with van der Waals surface area (Å²) in [5.41, 5.74) is 0. The highest BCUT2D eigenvalue weighted by molar-refractivity contribution is 8.01. The van der Waals surface area contributed by atoms with Crippen LogP contribution in [0.2, 0.25) is 0 Å². The van der Waals surface area contributed by atoms with E-state index in [1.54, 1.807) is 0 Å². The number of nitrogens with zero attached hydrogens (tertiary/aromatic N) is 1. The molecular weight excluding hydrogens is 298 g/mol. The lowest BCUT2D eigenvalue weighted by Gasteiger charge is -2.47. The normalized spacial score (nSPS) is 37.3. The Hall–Kier alpha value is -0.260. The van der Waals surface area contributed by atoms with Crippen molar-refractivity contribution in [2.75, 3.05) is 38.7 Å². The minimum Gasteiger partial charge on any atom is -0.381 e. The van der Waals surface area contributed by atoms with Crippen LogP contribution in [0.15, 0.2) is 0 Å².